The average molecular weight is 288 g/mol. The maximum absolute atomic E-state index is 12.7. The molecule has 1 aromatic carbocycles. The van der Waals surface area contributed by atoms with Crippen LogP contribution in [0.15, 0.2) is 24.3 Å². The molecule has 1 fully saturated rings. The van der Waals surface area contributed by atoms with Crippen LogP contribution in [0.4, 0.5) is 0 Å². The molecular formula is C17H24N2O2. The van der Waals surface area contributed by atoms with Crippen LogP contribution in [0.5, 0.6) is 0 Å². The average Bonchev–Trinajstić information content (AvgIpc) is 2.55. The molecule has 0 spiro atoms. The minimum atomic E-state index is -0.0662. The molecule has 3 rings (SSSR count). The van der Waals surface area contributed by atoms with Crippen LogP contribution in [0.2, 0.25) is 0 Å². The number of piperidine rings is 1. The number of benzene rings is 1. The van der Waals surface area contributed by atoms with Gasteiger partial charge in [0.25, 0.3) is 0 Å². The highest BCUT2D eigenvalue weighted by molar-refractivity contribution is 5.82. The number of hydrogen-bond donors (Lipinski definition) is 1. The van der Waals surface area contributed by atoms with Crippen LogP contribution < -0.4 is 5.32 Å². The molecule has 1 N–H and O–H groups in total. The van der Waals surface area contributed by atoms with Crippen LogP contribution in [-0.2, 0) is 22.5 Å². The summed E-state index contributed by atoms with van der Waals surface area (Å²) in [5.41, 5.74) is 2.62. The van der Waals surface area contributed by atoms with Crippen molar-refractivity contribution in [2.75, 3.05) is 19.7 Å². The Kier molecular flexibility index (Phi) is 4.56. The third kappa shape index (κ3) is 3.27. The molecule has 1 saturated heterocycles. The fourth-order valence-electron chi connectivity index (χ4n) is 3.33. The number of ether oxygens (including phenoxy) is 1. The lowest BCUT2D eigenvalue weighted by atomic mass is 9.94. The van der Waals surface area contributed by atoms with Crippen molar-refractivity contribution < 1.29 is 9.53 Å². The van der Waals surface area contributed by atoms with Gasteiger partial charge >= 0.3 is 0 Å². The Morgan fingerprint density at radius 3 is 2.71 bits per heavy atom. The van der Waals surface area contributed by atoms with Crippen molar-refractivity contribution in [3.05, 3.63) is 35.4 Å². The topological polar surface area (TPSA) is 41.6 Å². The lowest BCUT2D eigenvalue weighted by molar-refractivity contribution is -0.136. The molecule has 2 aliphatic rings. The Morgan fingerprint density at radius 1 is 1.29 bits per heavy atom. The first-order valence-corrected chi connectivity index (χ1v) is 7.98. The van der Waals surface area contributed by atoms with Gasteiger partial charge in [-0.05, 0) is 37.3 Å². The van der Waals surface area contributed by atoms with E-state index in [9.17, 15) is 4.79 Å². The number of fused-ring (bicyclic) bond motifs is 1. The van der Waals surface area contributed by atoms with Gasteiger partial charge in [-0.15, -0.1) is 0 Å². The highest BCUT2D eigenvalue weighted by Crippen LogP contribution is 2.20. The molecule has 1 unspecified atom stereocenters. The number of amides is 1. The predicted octanol–water partition coefficient (Wildman–Crippen LogP) is 1.73. The Bertz CT molecular complexity index is 495. The van der Waals surface area contributed by atoms with Crippen LogP contribution in [-0.4, -0.2) is 42.6 Å². The minimum absolute atomic E-state index is 0.0662. The summed E-state index contributed by atoms with van der Waals surface area (Å²) in [6, 6.07) is 8.32. The lowest BCUT2D eigenvalue weighted by Crippen LogP contribution is -2.52. The van der Waals surface area contributed by atoms with E-state index in [0.29, 0.717) is 6.10 Å². The minimum Gasteiger partial charge on any atom is -0.378 e. The zero-order valence-electron chi connectivity index (χ0n) is 12.7. The highest BCUT2D eigenvalue weighted by Gasteiger charge is 2.30. The quantitative estimate of drug-likeness (QED) is 0.921. The van der Waals surface area contributed by atoms with Crippen molar-refractivity contribution in [3.63, 3.8) is 0 Å². The molecule has 0 saturated carbocycles. The van der Waals surface area contributed by atoms with Gasteiger partial charge in [-0.1, -0.05) is 24.3 Å². The van der Waals surface area contributed by atoms with Crippen molar-refractivity contribution in [2.24, 2.45) is 0 Å². The van der Waals surface area contributed by atoms with Crippen molar-refractivity contribution in [1.82, 2.24) is 10.2 Å². The van der Waals surface area contributed by atoms with Gasteiger partial charge in [-0.3, -0.25) is 4.79 Å². The maximum atomic E-state index is 12.7. The normalized spacial score (nSPS) is 22.9. The lowest BCUT2D eigenvalue weighted by Gasteiger charge is -2.35. The molecule has 1 amide bonds. The molecule has 114 valence electrons. The van der Waals surface area contributed by atoms with E-state index in [2.05, 4.69) is 29.6 Å². The van der Waals surface area contributed by atoms with Gasteiger partial charge in [-0.2, -0.15) is 0 Å². The van der Waals surface area contributed by atoms with Crippen LogP contribution in [0, 0.1) is 0 Å². The fraction of sp³-hybridized carbons (Fsp3) is 0.588. The fourth-order valence-corrected chi connectivity index (χ4v) is 3.33. The second-order valence-electron chi connectivity index (χ2n) is 5.89. The van der Waals surface area contributed by atoms with Crippen LogP contribution in [0.1, 0.15) is 30.9 Å². The van der Waals surface area contributed by atoms with E-state index in [1.165, 1.54) is 11.1 Å². The second kappa shape index (κ2) is 6.58. The van der Waals surface area contributed by atoms with Gasteiger partial charge in [0.2, 0.25) is 5.91 Å². The molecule has 0 aliphatic carbocycles. The van der Waals surface area contributed by atoms with Gasteiger partial charge in [0.15, 0.2) is 0 Å². The SMILES string of the molecule is CCOC1CCN(C(=O)C2Cc3ccccc3CN2)CC1. The third-order valence-electron chi connectivity index (χ3n) is 4.54. The van der Waals surface area contributed by atoms with E-state index in [4.69, 9.17) is 4.74 Å². The van der Waals surface area contributed by atoms with Crippen LogP contribution >= 0.6 is 0 Å². The number of nitrogens with zero attached hydrogens (tertiary/aromatic N) is 1. The summed E-state index contributed by atoms with van der Waals surface area (Å²) in [6.45, 7) is 5.23. The molecule has 4 heteroatoms. The Morgan fingerprint density at radius 2 is 2.00 bits per heavy atom. The van der Waals surface area contributed by atoms with Gasteiger partial charge in [0, 0.05) is 26.2 Å². The summed E-state index contributed by atoms with van der Waals surface area (Å²) < 4.78 is 5.65. The summed E-state index contributed by atoms with van der Waals surface area (Å²) in [4.78, 5) is 14.7. The van der Waals surface area contributed by atoms with E-state index >= 15 is 0 Å². The zero-order chi connectivity index (χ0) is 14.7. The summed E-state index contributed by atoms with van der Waals surface area (Å²) in [7, 11) is 0. The molecule has 4 nitrogen and oxygen atoms in total. The Labute approximate surface area is 126 Å². The molecular weight excluding hydrogens is 264 g/mol. The van der Waals surface area contributed by atoms with E-state index in [1.54, 1.807) is 0 Å². The molecule has 2 heterocycles. The summed E-state index contributed by atoms with van der Waals surface area (Å²) in [5.74, 6) is 0.249. The van der Waals surface area contributed by atoms with Crippen molar-refractivity contribution in [3.8, 4) is 0 Å². The highest BCUT2D eigenvalue weighted by atomic mass is 16.5. The van der Waals surface area contributed by atoms with Gasteiger partial charge < -0.3 is 15.0 Å². The van der Waals surface area contributed by atoms with Crippen LogP contribution in [0.25, 0.3) is 0 Å². The third-order valence-corrected chi connectivity index (χ3v) is 4.54. The molecule has 1 aromatic rings. The second-order valence-corrected chi connectivity index (χ2v) is 5.89. The number of rotatable bonds is 3. The summed E-state index contributed by atoms with van der Waals surface area (Å²) in [6.07, 6.45) is 3.06. The van der Waals surface area contributed by atoms with Gasteiger partial charge in [-0.25, -0.2) is 0 Å². The molecule has 0 aromatic heterocycles. The molecule has 21 heavy (non-hydrogen) atoms. The Hall–Kier alpha value is -1.39. The maximum Gasteiger partial charge on any atom is 0.240 e. The number of carbonyl (C=O) groups is 1. The molecule has 2 aliphatic heterocycles. The zero-order valence-corrected chi connectivity index (χ0v) is 12.7. The first kappa shape index (κ1) is 14.5. The predicted molar refractivity (Wildman–Crippen MR) is 82.0 cm³/mol. The van der Waals surface area contributed by atoms with Crippen molar-refractivity contribution >= 4 is 5.91 Å². The summed E-state index contributed by atoms with van der Waals surface area (Å²) in [5, 5.41) is 3.39. The number of hydrogen-bond acceptors (Lipinski definition) is 3. The Balaban J connectivity index is 1.57. The number of carbonyl (C=O) groups excluding carboxylic acids is 1. The van der Waals surface area contributed by atoms with E-state index in [1.807, 2.05) is 11.8 Å². The van der Waals surface area contributed by atoms with Gasteiger partial charge in [0.1, 0.15) is 0 Å². The standard InChI is InChI=1S/C17H24N2O2/c1-2-21-15-7-9-19(10-8-15)17(20)16-11-13-5-3-4-6-14(13)12-18-16/h3-6,15-16,18H,2,7-12H2,1H3. The molecule has 0 radical (unpaired) electrons. The van der Waals surface area contributed by atoms with E-state index < -0.39 is 0 Å². The largest absolute Gasteiger partial charge is 0.378 e. The monoisotopic (exact) mass is 288 g/mol. The van der Waals surface area contributed by atoms with Crippen LogP contribution in [0.3, 0.4) is 0 Å². The number of nitrogens with one attached hydrogen (secondary N) is 1. The van der Waals surface area contributed by atoms with Crippen molar-refractivity contribution in [2.45, 2.75) is 44.9 Å². The first-order chi connectivity index (χ1) is 10.3. The smallest absolute Gasteiger partial charge is 0.240 e. The molecule has 0 bridgehead atoms. The summed E-state index contributed by atoms with van der Waals surface area (Å²) >= 11 is 0. The van der Waals surface area contributed by atoms with Crippen molar-refractivity contribution in [1.29, 1.82) is 0 Å². The van der Waals surface area contributed by atoms with E-state index in [-0.39, 0.29) is 11.9 Å². The number of likely N-dealkylation sites (tertiary alicyclic amines) is 1. The molecule has 1 atom stereocenters. The van der Waals surface area contributed by atoms with E-state index in [0.717, 1.165) is 45.5 Å². The first-order valence-electron chi connectivity index (χ1n) is 7.98. The van der Waals surface area contributed by atoms with Gasteiger partial charge in [0.05, 0.1) is 12.1 Å².